The van der Waals surface area contributed by atoms with Crippen molar-refractivity contribution in [1.29, 1.82) is 0 Å². The number of esters is 1. The molecule has 1 amide bonds. The van der Waals surface area contributed by atoms with Gasteiger partial charge in [-0.1, -0.05) is 6.07 Å². The van der Waals surface area contributed by atoms with Crippen molar-refractivity contribution >= 4 is 17.5 Å². The summed E-state index contributed by atoms with van der Waals surface area (Å²) in [6, 6.07) is 6.31. The standard InChI is InChI=1S/C17H20N4O4/c1-11-4-3-5-14-19-12(8-15(22)21(11)14)10-20-7-6-18-17(24)13(20)9-16(23)25-2/h3-5,8,13H,6-7,9-10H2,1-2H3,(H,18,24)/t13-/m1/s1. The van der Waals surface area contributed by atoms with E-state index in [1.807, 2.05) is 24.0 Å². The number of aryl methyl sites for hydroxylation is 1. The fourth-order valence-electron chi connectivity index (χ4n) is 3.07. The van der Waals surface area contributed by atoms with Crippen LogP contribution in [0.15, 0.2) is 29.1 Å². The van der Waals surface area contributed by atoms with E-state index in [4.69, 9.17) is 0 Å². The summed E-state index contributed by atoms with van der Waals surface area (Å²) in [6.07, 6.45) is -0.0337. The summed E-state index contributed by atoms with van der Waals surface area (Å²) in [6.45, 7) is 3.22. The number of hydrogen-bond donors (Lipinski definition) is 1. The van der Waals surface area contributed by atoms with Crippen LogP contribution in [0.2, 0.25) is 0 Å². The Labute approximate surface area is 144 Å². The predicted octanol–water partition coefficient (Wildman–Crippen LogP) is -0.134. The number of hydrogen-bond acceptors (Lipinski definition) is 6. The Morgan fingerprint density at radius 1 is 1.40 bits per heavy atom. The second-order valence-electron chi connectivity index (χ2n) is 6.00. The zero-order valence-corrected chi connectivity index (χ0v) is 14.2. The topological polar surface area (TPSA) is 93.0 Å². The van der Waals surface area contributed by atoms with Crippen LogP contribution < -0.4 is 10.9 Å². The minimum absolute atomic E-state index is 0.0337. The van der Waals surface area contributed by atoms with Gasteiger partial charge in [-0.25, -0.2) is 4.98 Å². The number of nitrogens with one attached hydrogen (secondary N) is 1. The van der Waals surface area contributed by atoms with Gasteiger partial charge in [-0.05, 0) is 19.1 Å². The molecule has 0 unspecified atom stereocenters. The number of aromatic nitrogens is 2. The number of piperazine rings is 1. The average Bonchev–Trinajstić information content (AvgIpc) is 2.57. The average molecular weight is 344 g/mol. The van der Waals surface area contributed by atoms with Crippen LogP contribution in [0.5, 0.6) is 0 Å². The summed E-state index contributed by atoms with van der Waals surface area (Å²) in [5, 5.41) is 2.75. The summed E-state index contributed by atoms with van der Waals surface area (Å²) < 4.78 is 6.22. The van der Waals surface area contributed by atoms with Gasteiger partial charge < -0.3 is 10.1 Å². The molecule has 25 heavy (non-hydrogen) atoms. The molecule has 0 saturated carbocycles. The molecule has 0 bridgehead atoms. The van der Waals surface area contributed by atoms with Crippen LogP contribution in [0, 0.1) is 6.92 Å². The molecule has 0 spiro atoms. The Bertz CT molecular complexity index is 877. The smallest absolute Gasteiger partial charge is 0.307 e. The molecule has 132 valence electrons. The number of rotatable bonds is 4. The van der Waals surface area contributed by atoms with Crippen molar-refractivity contribution in [3.63, 3.8) is 0 Å². The number of carbonyl (C=O) groups is 2. The highest BCUT2D eigenvalue weighted by Gasteiger charge is 2.32. The maximum absolute atomic E-state index is 12.4. The number of carbonyl (C=O) groups excluding carboxylic acids is 2. The minimum atomic E-state index is -0.626. The van der Waals surface area contributed by atoms with Gasteiger partial charge in [0.05, 0.1) is 19.2 Å². The monoisotopic (exact) mass is 344 g/mol. The van der Waals surface area contributed by atoms with Crippen LogP contribution in [0.4, 0.5) is 0 Å². The molecule has 1 aliphatic rings. The van der Waals surface area contributed by atoms with Gasteiger partial charge in [0.25, 0.3) is 5.56 Å². The normalized spacial score (nSPS) is 18.2. The predicted molar refractivity (Wildman–Crippen MR) is 90.0 cm³/mol. The third-order valence-corrected chi connectivity index (χ3v) is 4.33. The summed E-state index contributed by atoms with van der Waals surface area (Å²) in [4.78, 5) is 42.5. The third kappa shape index (κ3) is 3.53. The number of methoxy groups -OCH3 is 1. The summed E-state index contributed by atoms with van der Waals surface area (Å²) in [5.41, 5.74) is 1.78. The maximum Gasteiger partial charge on any atom is 0.307 e. The van der Waals surface area contributed by atoms with E-state index in [9.17, 15) is 14.4 Å². The molecule has 8 nitrogen and oxygen atoms in total. The minimum Gasteiger partial charge on any atom is -0.469 e. The third-order valence-electron chi connectivity index (χ3n) is 4.33. The maximum atomic E-state index is 12.4. The fourth-order valence-corrected chi connectivity index (χ4v) is 3.07. The molecule has 2 aromatic rings. The first-order valence-electron chi connectivity index (χ1n) is 8.06. The van der Waals surface area contributed by atoms with Crippen molar-refractivity contribution < 1.29 is 14.3 Å². The van der Waals surface area contributed by atoms with E-state index in [1.165, 1.54) is 13.2 Å². The lowest BCUT2D eigenvalue weighted by Gasteiger charge is -2.34. The summed E-state index contributed by atoms with van der Waals surface area (Å²) >= 11 is 0. The van der Waals surface area contributed by atoms with Crippen LogP contribution in [-0.2, 0) is 20.9 Å². The lowest BCUT2D eigenvalue weighted by Crippen LogP contribution is -2.55. The van der Waals surface area contributed by atoms with E-state index < -0.39 is 12.0 Å². The molecular formula is C17H20N4O4. The van der Waals surface area contributed by atoms with Crippen LogP contribution >= 0.6 is 0 Å². The van der Waals surface area contributed by atoms with Gasteiger partial charge in [0, 0.05) is 31.4 Å². The number of amides is 1. The highest BCUT2D eigenvalue weighted by atomic mass is 16.5. The van der Waals surface area contributed by atoms with Gasteiger partial charge in [0.2, 0.25) is 5.91 Å². The van der Waals surface area contributed by atoms with Gasteiger partial charge in [-0.3, -0.25) is 23.7 Å². The van der Waals surface area contributed by atoms with E-state index in [0.717, 1.165) is 5.69 Å². The number of ether oxygens (including phenoxy) is 1. The molecule has 2 aromatic heterocycles. The van der Waals surface area contributed by atoms with Crippen LogP contribution in [0.25, 0.3) is 5.65 Å². The molecular weight excluding hydrogens is 324 g/mol. The zero-order chi connectivity index (χ0) is 18.0. The van der Waals surface area contributed by atoms with Gasteiger partial charge in [-0.2, -0.15) is 0 Å². The highest BCUT2D eigenvalue weighted by molar-refractivity contribution is 5.87. The van der Waals surface area contributed by atoms with Crippen molar-refractivity contribution in [2.75, 3.05) is 20.2 Å². The first-order valence-corrected chi connectivity index (χ1v) is 8.06. The number of nitrogens with zero attached hydrogens (tertiary/aromatic N) is 3. The SMILES string of the molecule is COC(=O)C[C@@H]1C(=O)NCCN1Cc1cc(=O)n2c(C)cccc2n1. The molecule has 1 fully saturated rings. The quantitative estimate of drug-likeness (QED) is 0.777. The molecule has 1 N–H and O–H groups in total. The Morgan fingerprint density at radius 3 is 2.96 bits per heavy atom. The Morgan fingerprint density at radius 2 is 2.20 bits per heavy atom. The van der Waals surface area contributed by atoms with E-state index in [0.29, 0.717) is 31.0 Å². The summed E-state index contributed by atoms with van der Waals surface area (Å²) in [5.74, 6) is -0.667. The summed E-state index contributed by atoms with van der Waals surface area (Å²) in [7, 11) is 1.29. The number of fused-ring (bicyclic) bond motifs is 1. The lowest BCUT2D eigenvalue weighted by molar-refractivity contribution is -0.146. The van der Waals surface area contributed by atoms with Crippen molar-refractivity contribution in [3.8, 4) is 0 Å². The first kappa shape index (κ1) is 17.1. The van der Waals surface area contributed by atoms with Gasteiger partial charge in [0.1, 0.15) is 11.7 Å². The molecule has 3 rings (SSSR count). The molecule has 1 saturated heterocycles. The Kier molecular flexibility index (Phi) is 4.80. The molecule has 3 heterocycles. The second kappa shape index (κ2) is 7.02. The molecule has 1 atom stereocenters. The van der Waals surface area contributed by atoms with E-state index in [1.54, 1.807) is 10.5 Å². The van der Waals surface area contributed by atoms with Crippen LogP contribution in [0.3, 0.4) is 0 Å². The largest absolute Gasteiger partial charge is 0.469 e. The van der Waals surface area contributed by atoms with Crippen molar-refractivity contribution in [2.45, 2.75) is 25.9 Å². The van der Waals surface area contributed by atoms with Crippen LogP contribution in [-0.4, -0.2) is 52.4 Å². The Balaban J connectivity index is 1.89. The fraction of sp³-hybridized carbons (Fsp3) is 0.412. The van der Waals surface area contributed by atoms with Crippen molar-refractivity contribution in [2.24, 2.45) is 0 Å². The van der Waals surface area contributed by atoms with E-state index in [2.05, 4.69) is 15.0 Å². The molecule has 0 radical (unpaired) electrons. The molecule has 8 heteroatoms. The second-order valence-corrected chi connectivity index (χ2v) is 6.00. The van der Waals surface area contributed by atoms with Gasteiger partial charge >= 0.3 is 5.97 Å². The van der Waals surface area contributed by atoms with Crippen molar-refractivity contribution in [3.05, 3.63) is 46.0 Å². The van der Waals surface area contributed by atoms with Crippen molar-refractivity contribution in [1.82, 2.24) is 19.6 Å². The van der Waals surface area contributed by atoms with E-state index in [-0.39, 0.29) is 17.9 Å². The molecule has 1 aliphatic heterocycles. The molecule has 0 aromatic carbocycles. The van der Waals surface area contributed by atoms with Gasteiger partial charge in [0.15, 0.2) is 0 Å². The highest BCUT2D eigenvalue weighted by Crippen LogP contribution is 2.13. The Hall–Kier alpha value is -2.74. The lowest BCUT2D eigenvalue weighted by atomic mass is 10.1. The number of pyridine rings is 1. The molecule has 0 aliphatic carbocycles. The van der Waals surface area contributed by atoms with Crippen LogP contribution in [0.1, 0.15) is 17.8 Å². The van der Waals surface area contributed by atoms with Gasteiger partial charge in [-0.15, -0.1) is 0 Å². The first-order chi connectivity index (χ1) is 12.0. The zero-order valence-electron chi connectivity index (χ0n) is 14.2. The van der Waals surface area contributed by atoms with E-state index >= 15 is 0 Å².